The molecule has 0 radical (unpaired) electrons. The van der Waals surface area contributed by atoms with Crippen molar-refractivity contribution in [2.24, 2.45) is 5.41 Å². The second-order valence-electron chi connectivity index (χ2n) is 5.40. The minimum absolute atomic E-state index is 0.117. The van der Waals surface area contributed by atoms with Gasteiger partial charge in [0.05, 0.1) is 19.6 Å². The summed E-state index contributed by atoms with van der Waals surface area (Å²) in [5.41, 5.74) is 1.03. The highest BCUT2D eigenvalue weighted by Crippen LogP contribution is 2.52. The molecule has 3 nitrogen and oxygen atoms in total. The Kier molecular flexibility index (Phi) is 5.15. The van der Waals surface area contributed by atoms with Gasteiger partial charge in [-0.05, 0) is 42.9 Å². The summed E-state index contributed by atoms with van der Waals surface area (Å²) < 4.78 is 5.68. The molecule has 2 rings (SSSR count). The fourth-order valence-electron chi connectivity index (χ4n) is 2.10. The minimum atomic E-state index is -0.475. The molecule has 5 heteroatoms. The zero-order chi connectivity index (χ0) is 14.8. The molecule has 0 amide bonds. The normalized spacial score (nSPS) is 17.6. The molecule has 0 aliphatic heterocycles. The second-order valence-corrected chi connectivity index (χ2v) is 7.30. The van der Waals surface area contributed by atoms with Gasteiger partial charge in [-0.25, -0.2) is 0 Å². The molecule has 0 unspecified atom stereocenters. The number of rotatable bonds is 6. The van der Waals surface area contributed by atoms with Crippen LogP contribution >= 0.6 is 27.7 Å². The third kappa shape index (κ3) is 3.99. The SMILES string of the molecule is COC(=O)CC1(CSc2ccc([C@H](C)O)c(Br)c2)CC1. The van der Waals surface area contributed by atoms with E-state index in [0.29, 0.717) is 6.42 Å². The molecule has 0 aromatic heterocycles. The number of thioether (sulfide) groups is 1. The van der Waals surface area contributed by atoms with Crippen LogP contribution < -0.4 is 0 Å². The average molecular weight is 359 g/mol. The van der Waals surface area contributed by atoms with Gasteiger partial charge in [0.15, 0.2) is 0 Å². The van der Waals surface area contributed by atoms with Crippen molar-refractivity contribution in [1.82, 2.24) is 0 Å². The molecule has 1 N–H and O–H groups in total. The molecule has 20 heavy (non-hydrogen) atoms. The molecule has 1 atom stereocenters. The van der Waals surface area contributed by atoms with Crippen molar-refractivity contribution in [1.29, 1.82) is 0 Å². The molecule has 0 heterocycles. The molecule has 1 aromatic carbocycles. The topological polar surface area (TPSA) is 46.5 Å². The number of aliphatic hydroxyl groups is 1. The van der Waals surface area contributed by atoms with Gasteiger partial charge in [-0.15, -0.1) is 11.8 Å². The van der Waals surface area contributed by atoms with Gasteiger partial charge in [0.25, 0.3) is 0 Å². The minimum Gasteiger partial charge on any atom is -0.469 e. The van der Waals surface area contributed by atoms with Gasteiger partial charge >= 0.3 is 5.97 Å². The van der Waals surface area contributed by atoms with Crippen LogP contribution in [0.1, 0.15) is 37.9 Å². The predicted octanol–water partition coefficient (Wildman–Crippen LogP) is 3.94. The molecule has 1 saturated carbocycles. The van der Waals surface area contributed by atoms with E-state index >= 15 is 0 Å². The van der Waals surface area contributed by atoms with Crippen LogP contribution in [0.4, 0.5) is 0 Å². The lowest BCUT2D eigenvalue weighted by Gasteiger charge is -2.14. The Hall–Kier alpha value is -0.520. The largest absolute Gasteiger partial charge is 0.469 e. The molecule has 1 aliphatic rings. The Balaban J connectivity index is 1.94. The van der Waals surface area contributed by atoms with E-state index in [-0.39, 0.29) is 11.4 Å². The lowest BCUT2D eigenvalue weighted by molar-refractivity contribution is -0.141. The summed E-state index contributed by atoms with van der Waals surface area (Å²) >= 11 is 5.25. The summed E-state index contributed by atoms with van der Waals surface area (Å²) in [7, 11) is 1.44. The van der Waals surface area contributed by atoms with Crippen LogP contribution in [0.2, 0.25) is 0 Å². The predicted molar refractivity (Wildman–Crippen MR) is 83.8 cm³/mol. The molecule has 0 spiro atoms. The van der Waals surface area contributed by atoms with E-state index in [1.54, 1.807) is 18.7 Å². The number of ether oxygens (including phenoxy) is 1. The summed E-state index contributed by atoms with van der Waals surface area (Å²) in [6.45, 7) is 1.75. The summed E-state index contributed by atoms with van der Waals surface area (Å²) in [6, 6.07) is 5.99. The van der Waals surface area contributed by atoms with Crippen molar-refractivity contribution in [2.75, 3.05) is 12.9 Å². The van der Waals surface area contributed by atoms with Gasteiger partial charge in [0.2, 0.25) is 0 Å². The fraction of sp³-hybridized carbons (Fsp3) is 0.533. The number of hydrogen-bond acceptors (Lipinski definition) is 4. The third-order valence-electron chi connectivity index (χ3n) is 3.67. The zero-order valence-corrected chi connectivity index (χ0v) is 14.1. The molecule has 1 aromatic rings. The number of halogens is 1. The van der Waals surface area contributed by atoms with E-state index in [4.69, 9.17) is 4.74 Å². The first kappa shape index (κ1) is 15.9. The number of aliphatic hydroxyl groups excluding tert-OH is 1. The Bertz CT molecular complexity index is 498. The van der Waals surface area contributed by atoms with Crippen molar-refractivity contribution < 1.29 is 14.6 Å². The molecular formula is C15H19BrO3S. The maximum atomic E-state index is 11.4. The Morgan fingerprint density at radius 1 is 1.55 bits per heavy atom. The molecule has 110 valence electrons. The standard InChI is InChI=1S/C15H19BrO3S/c1-10(17)12-4-3-11(7-13(12)16)20-9-15(5-6-15)8-14(18)19-2/h3-4,7,10,17H,5-6,8-9H2,1-2H3/t10-/m0/s1. The highest BCUT2D eigenvalue weighted by atomic mass is 79.9. The highest BCUT2D eigenvalue weighted by Gasteiger charge is 2.44. The van der Waals surface area contributed by atoms with Crippen LogP contribution in [-0.2, 0) is 9.53 Å². The molecule has 0 saturated heterocycles. The number of benzene rings is 1. The summed E-state index contributed by atoms with van der Waals surface area (Å²) in [5.74, 6) is 0.816. The first-order valence-electron chi connectivity index (χ1n) is 6.63. The van der Waals surface area contributed by atoms with Crippen molar-refractivity contribution in [3.05, 3.63) is 28.2 Å². The fourth-order valence-corrected chi connectivity index (χ4v) is 4.19. The Morgan fingerprint density at radius 2 is 2.25 bits per heavy atom. The van der Waals surface area contributed by atoms with Crippen molar-refractivity contribution >= 4 is 33.7 Å². The summed E-state index contributed by atoms with van der Waals surface area (Å²) in [6.07, 6.45) is 2.24. The van der Waals surface area contributed by atoms with Gasteiger partial charge < -0.3 is 9.84 Å². The maximum Gasteiger partial charge on any atom is 0.306 e. The van der Waals surface area contributed by atoms with Crippen LogP contribution in [0.3, 0.4) is 0 Å². The zero-order valence-electron chi connectivity index (χ0n) is 11.7. The van der Waals surface area contributed by atoms with Gasteiger partial charge in [0, 0.05) is 15.1 Å². The van der Waals surface area contributed by atoms with Crippen LogP contribution in [0.25, 0.3) is 0 Å². The Labute approximate surface area is 132 Å². The number of methoxy groups -OCH3 is 1. The van der Waals surface area contributed by atoms with Gasteiger partial charge in [0.1, 0.15) is 0 Å². The average Bonchev–Trinajstić information content (AvgIpc) is 3.16. The van der Waals surface area contributed by atoms with Crippen LogP contribution in [-0.4, -0.2) is 23.9 Å². The van der Waals surface area contributed by atoms with E-state index < -0.39 is 6.10 Å². The van der Waals surface area contributed by atoms with E-state index in [1.807, 2.05) is 18.2 Å². The first-order chi connectivity index (χ1) is 9.46. The van der Waals surface area contributed by atoms with Gasteiger partial charge in [-0.3, -0.25) is 4.79 Å². The molecular weight excluding hydrogens is 340 g/mol. The number of carbonyl (C=O) groups is 1. The van der Waals surface area contributed by atoms with Gasteiger partial charge in [-0.1, -0.05) is 22.0 Å². The van der Waals surface area contributed by atoms with Gasteiger partial charge in [-0.2, -0.15) is 0 Å². The van der Waals surface area contributed by atoms with Crippen molar-refractivity contribution in [2.45, 2.75) is 37.2 Å². The summed E-state index contributed by atoms with van der Waals surface area (Å²) in [5, 5.41) is 9.60. The number of carbonyl (C=O) groups excluding carboxylic acids is 1. The molecule has 0 bridgehead atoms. The molecule has 1 aliphatic carbocycles. The number of esters is 1. The molecule has 1 fully saturated rings. The number of hydrogen-bond donors (Lipinski definition) is 1. The monoisotopic (exact) mass is 358 g/mol. The van der Waals surface area contributed by atoms with Crippen molar-refractivity contribution in [3.8, 4) is 0 Å². The smallest absolute Gasteiger partial charge is 0.306 e. The summed E-state index contributed by atoms with van der Waals surface area (Å²) in [4.78, 5) is 12.5. The maximum absolute atomic E-state index is 11.4. The van der Waals surface area contributed by atoms with E-state index in [1.165, 1.54) is 7.11 Å². The third-order valence-corrected chi connectivity index (χ3v) is 5.70. The van der Waals surface area contributed by atoms with E-state index in [0.717, 1.165) is 33.5 Å². The van der Waals surface area contributed by atoms with E-state index in [2.05, 4.69) is 15.9 Å². The first-order valence-corrected chi connectivity index (χ1v) is 8.41. The van der Waals surface area contributed by atoms with Crippen molar-refractivity contribution in [3.63, 3.8) is 0 Å². The van der Waals surface area contributed by atoms with Crippen LogP contribution in [0.15, 0.2) is 27.6 Å². The lowest BCUT2D eigenvalue weighted by atomic mass is 10.1. The van der Waals surface area contributed by atoms with Crippen LogP contribution in [0.5, 0.6) is 0 Å². The lowest BCUT2D eigenvalue weighted by Crippen LogP contribution is -2.12. The van der Waals surface area contributed by atoms with E-state index in [9.17, 15) is 9.90 Å². The Morgan fingerprint density at radius 3 is 2.75 bits per heavy atom. The highest BCUT2D eigenvalue weighted by molar-refractivity contribution is 9.10. The quantitative estimate of drug-likeness (QED) is 0.617. The second kappa shape index (κ2) is 6.50. The van der Waals surface area contributed by atoms with Crippen LogP contribution in [0, 0.1) is 5.41 Å².